The first-order valence-corrected chi connectivity index (χ1v) is 10.6. The van der Waals surface area contributed by atoms with E-state index in [0.717, 1.165) is 5.56 Å². The van der Waals surface area contributed by atoms with Crippen LogP contribution in [0.4, 0.5) is 5.69 Å². The minimum atomic E-state index is -0.479. The van der Waals surface area contributed by atoms with Crippen LogP contribution in [-0.2, 0) is 4.79 Å². The van der Waals surface area contributed by atoms with Crippen molar-refractivity contribution in [3.05, 3.63) is 59.7 Å². The van der Waals surface area contributed by atoms with Gasteiger partial charge in [0.25, 0.3) is 0 Å². The number of aryl methyl sites for hydroxylation is 1. The van der Waals surface area contributed by atoms with E-state index < -0.39 is 5.41 Å². The predicted molar refractivity (Wildman–Crippen MR) is 121 cm³/mol. The zero-order chi connectivity index (χ0) is 21.9. The topological polar surface area (TPSA) is 87.7 Å². The molecule has 156 valence electrons. The lowest BCUT2D eigenvalue weighted by molar-refractivity contribution is -0.123. The summed E-state index contributed by atoms with van der Waals surface area (Å²) in [6.45, 7) is 9.43. The summed E-state index contributed by atoms with van der Waals surface area (Å²) < 4.78 is 0. The van der Waals surface area contributed by atoms with Crippen molar-refractivity contribution in [1.82, 2.24) is 15.2 Å². The predicted octanol–water partition coefficient (Wildman–Crippen LogP) is 5.13. The summed E-state index contributed by atoms with van der Waals surface area (Å²) in [4.78, 5) is 29.4. The fourth-order valence-corrected chi connectivity index (χ4v) is 3.42. The van der Waals surface area contributed by atoms with Crippen molar-refractivity contribution in [2.45, 2.75) is 45.0 Å². The Bertz CT molecular complexity index is 1030. The molecule has 1 atom stereocenters. The van der Waals surface area contributed by atoms with Gasteiger partial charge in [0.2, 0.25) is 11.1 Å². The van der Waals surface area contributed by atoms with Crippen molar-refractivity contribution in [1.29, 1.82) is 0 Å². The molecule has 2 N–H and O–H groups in total. The number of anilines is 1. The Balaban J connectivity index is 1.63. The molecule has 0 fully saturated rings. The van der Waals surface area contributed by atoms with Crippen LogP contribution in [0.15, 0.2) is 53.7 Å². The molecule has 30 heavy (non-hydrogen) atoms. The number of Topliss-reactive ketones (excluding diaryl/α,β-unsaturated/α-hetero) is 1. The molecule has 3 rings (SSSR count). The second-order valence-electron chi connectivity index (χ2n) is 8.24. The largest absolute Gasteiger partial charge is 0.326 e. The molecular formula is C23H26N4O2S. The van der Waals surface area contributed by atoms with Crippen LogP contribution in [0.2, 0.25) is 0 Å². The summed E-state index contributed by atoms with van der Waals surface area (Å²) in [6, 6.07) is 15.0. The van der Waals surface area contributed by atoms with Crippen LogP contribution in [-0.4, -0.2) is 32.1 Å². The number of rotatable bonds is 6. The maximum Gasteiger partial charge on any atom is 0.229 e. The number of thioether (sulfide) groups is 1. The zero-order valence-corrected chi connectivity index (χ0v) is 18.6. The van der Waals surface area contributed by atoms with Gasteiger partial charge in [-0.1, -0.05) is 62.4 Å². The molecule has 0 aliphatic heterocycles. The number of nitrogens with one attached hydrogen (secondary N) is 2. The molecular weight excluding hydrogens is 396 g/mol. The lowest BCUT2D eigenvalue weighted by Crippen LogP contribution is -2.27. The molecule has 0 unspecified atom stereocenters. The molecule has 0 saturated heterocycles. The Hall–Kier alpha value is -2.93. The van der Waals surface area contributed by atoms with Crippen LogP contribution < -0.4 is 5.32 Å². The highest BCUT2D eigenvalue weighted by Crippen LogP contribution is 2.26. The molecule has 0 bridgehead atoms. The lowest BCUT2D eigenvalue weighted by atomic mass is 9.95. The molecule has 0 aliphatic rings. The number of amides is 1. The van der Waals surface area contributed by atoms with E-state index in [-0.39, 0.29) is 16.9 Å². The Morgan fingerprint density at radius 2 is 1.67 bits per heavy atom. The van der Waals surface area contributed by atoms with Gasteiger partial charge in [0.1, 0.15) is 0 Å². The first kappa shape index (κ1) is 21.8. The number of aromatic nitrogens is 3. The molecule has 0 saturated carbocycles. The molecule has 0 radical (unpaired) electrons. The van der Waals surface area contributed by atoms with E-state index in [1.165, 1.54) is 17.3 Å². The van der Waals surface area contributed by atoms with Gasteiger partial charge in [0, 0.05) is 22.2 Å². The maximum absolute atomic E-state index is 12.8. The molecule has 0 spiro atoms. The summed E-state index contributed by atoms with van der Waals surface area (Å²) >= 11 is 1.31. The molecule has 3 aromatic rings. The van der Waals surface area contributed by atoms with Crippen molar-refractivity contribution in [3.8, 4) is 11.4 Å². The first-order valence-electron chi connectivity index (χ1n) is 9.75. The monoisotopic (exact) mass is 422 g/mol. The first-order chi connectivity index (χ1) is 14.1. The Morgan fingerprint density at radius 1 is 1.03 bits per heavy atom. The molecule has 1 aromatic heterocycles. The number of H-pyrrole nitrogens is 1. The van der Waals surface area contributed by atoms with E-state index in [1.54, 1.807) is 24.3 Å². The van der Waals surface area contributed by atoms with E-state index in [2.05, 4.69) is 20.5 Å². The van der Waals surface area contributed by atoms with Gasteiger partial charge in [0.15, 0.2) is 11.6 Å². The fraction of sp³-hybridized carbons (Fsp3) is 0.304. The number of benzene rings is 2. The standard InChI is InChI=1S/C23H26N4O2S/c1-14-6-8-17(9-7-14)20-25-22(27-26-20)30-15(2)19(28)16-10-12-18(13-11-16)24-21(29)23(3,4)5/h6-13,15H,1-5H3,(H,24,29)(H,25,26,27)/t15-/m0/s1. The Kier molecular flexibility index (Phi) is 6.41. The second kappa shape index (κ2) is 8.83. The number of ketones is 1. The fourth-order valence-electron chi connectivity index (χ4n) is 2.62. The van der Waals surface area contributed by atoms with Crippen molar-refractivity contribution in [2.75, 3.05) is 5.32 Å². The quantitative estimate of drug-likeness (QED) is 0.425. The van der Waals surface area contributed by atoms with Gasteiger partial charge in [-0.3, -0.25) is 14.7 Å². The summed E-state index contributed by atoms with van der Waals surface area (Å²) in [7, 11) is 0. The third-order valence-corrected chi connectivity index (χ3v) is 5.51. The van der Waals surface area contributed by atoms with Crippen molar-refractivity contribution >= 4 is 29.1 Å². The van der Waals surface area contributed by atoms with Crippen LogP contribution >= 0.6 is 11.8 Å². The van der Waals surface area contributed by atoms with Gasteiger partial charge >= 0.3 is 0 Å². The maximum atomic E-state index is 12.8. The number of aromatic amines is 1. The zero-order valence-electron chi connectivity index (χ0n) is 17.8. The lowest BCUT2D eigenvalue weighted by Gasteiger charge is -2.17. The Morgan fingerprint density at radius 3 is 2.27 bits per heavy atom. The van der Waals surface area contributed by atoms with Crippen LogP contribution in [0, 0.1) is 12.3 Å². The van der Waals surface area contributed by atoms with E-state index in [4.69, 9.17) is 0 Å². The van der Waals surface area contributed by atoms with E-state index in [0.29, 0.717) is 22.2 Å². The second-order valence-corrected chi connectivity index (χ2v) is 9.55. The number of nitrogens with zero attached hydrogens (tertiary/aromatic N) is 2. The van der Waals surface area contributed by atoms with Crippen LogP contribution in [0.25, 0.3) is 11.4 Å². The molecule has 0 aliphatic carbocycles. The minimum absolute atomic E-state index is 0.0182. The average Bonchev–Trinajstić information content (AvgIpc) is 3.16. The van der Waals surface area contributed by atoms with E-state index in [1.807, 2.05) is 58.9 Å². The average molecular weight is 423 g/mol. The summed E-state index contributed by atoms with van der Waals surface area (Å²) in [6.07, 6.45) is 0. The van der Waals surface area contributed by atoms with Gasteiger partial charge < -0.3 is 5.32 Å². The van der Waals surface area contributed by atoms with Crippen LogP contribution in [0.5, 0.6) is 0 Å². The summed E-state index contributed by atoms with van der Waals surface area (Å²) in [5, 5.41) is 10.2. The summed E-state index contributed by atoms with van der Waals surface area (Å²) in [5.41, 5.74) is 2.90. The minimum Gasteiger partial charge on any atom is -0.326 e. The van der Waals surface area contributed by atoms with E-state index in [9.17, 15) is 9.59 Å². The van der Waals surface area contributed by atoms with Crippen molar-refractivity contribution < 1.29 is 9.59 Å². The molecule has 6 nitrogen and oxygen atoms in total. The van der Waals surface area contributed by atoms with E-state index >= 15 is 0 Å². The number of hydrogen-bond donors (Lipinski definition) is 2. The van der Waals surface area contributed by atoms with Gasteiger partial charge in [0.05, 0.1) is 5.25 Å². The van der Waals surface area contributed by atoms with Gasteiger partial charge in [-0.2, -0.15) is 0 Å². The number of hydrogen-bond acceptors (Lipinski definition) is 5. The van der Waals surface area contributed by atoms with Crippen molar-refractivity contribution in [2.24, 2.45) is 5.41 Å². The third-order valence-electron chi connectivity index (χ3n) is 4.55. The van der Waals surface area contributed by atoms with Crippen LogP contribution in [0.3, 0.4) is 0 Å². The molecule has 1 heterocycles. The van der Waals surface area contributed by atoms with Crippen molar-refractivity contribution in [3.63, 3.8) is 0 Å². The third kappa shape index (κ3) is 5.36. The normalized spacial score (nSPS) is 12.4. The summed E-state index contributed by atoms with van der Waals surface area (Å²) in [5.74, 6) is 0.589. The number of carbonyl (C=O) groups is 2. The molecule has 7 heteroatoms. The number of carbonyl (C=O) groups excluding carboxylic acids is 2. The molecule has 2 aromatic carbocycles. The highest BCUT2D eigenvalue weighted by Gasteiger charge is 2.22. The van der Waals surface area contributed by atoms with Gasteiger partial charge in [-0.15, -0.1) is 5.10 Å². The highest BCUT2D eigenvalue weighted by molar-refractivity contribution is 8.00. The SMILES string of the molecule is Cc1ccc(-c2nc(S[C@@H](C)C(=O)c3ccc(NC(=O)C(C)(C)C)cc3)n[nH]2)cc1. The van der Waals surface area contributed by atoms with Gasteiger partial charge in [-0.05, 0) is 38.1 Å². The smallest absolute Gasteiger partial charge is 0.229 e. The Labute approximate surface area is 180 Å². The molecule has 1 amide bonds. The van der Waals surface area contributed by atoms with Gasteiger partial charge in [-0.25, -0.2) is 4.98 Å². The van der Waals surface area contributed by atoms with Crippen LogP contribution in [0.1, 0.15) is 43.6 Å². The highest BCUT2D eigenvalue weighted by atomic mass is 32.2.